The second-order valence-corrected chi connectivity index (χ2v) is 8.15. The van der Waals surface area contributed by atoms with Crippen LogP contribution in [0.3, 0.4) is 0 Å². The minimum absolute atomic E-state index is 0.0742. The van der Waals surface area contributed by atoms with E-state index in [4.69, 9.17) is 21.4 Å². The van der Waals surface area contributed by atoms with Crippen molar-refractivity contribution in [3.05, 3.63) is 93.8 Å². The number of anilines is 3. The summed E-state index contributed by atoms with van der Waals surface area (Å²) in [5.41, 5.74) is 0.892. The monoisotopic (exact) mass is 520 g/mol. The van der Waals surface area contributed by atoms with Gasteiger partial charge in [-0.2, -0.15) is 0 Å². The third kappa shape index (κ3) is 6.47. The average Bonchev–Trinajstić information content (AvgIpc) is 2.90. The molecule has 0 saturated carbocycles. The van der Waals surface area contributed by atoms with E-state index in [9.17, 15) is 14.4 Å². The average molecular weight is 521 g/mol. The fraction of sp³-hybridized carbons (Fsp3) is 0.120. The van der Waals surface area contributed by atoms with Gasteiger partial charge in [0.2, 0.25) is 17.7 Å². The second kappa shape index (κ2) is 11.3. The molecule has 37 heavy (non-hydrogen) atoms. The Hall–Kier alpha value is -4.77. The van der Waals surface area contributed by atoms with E-state index in [1.165, 1.54) is 17.0 Å². The van der Waals surface area contributed by atoms with Crippen molar-refractivity contribution in [1.29, 1.82) is 0 Å². The van der Waals surface area contributed by atoms with Gasteiger partial charge in [0.25, 0.3) is 5.56 Å². The molecule has 0 unspecified atom stereocenters. The third-order valence-electron chi connectivity index (χ3n) is 5.08. The molecule has 0 atom stereocenters. The van der Waals surface area contributed by atoms with Gasteiger partial charge in [-0.05, 0) is 42.0 Å². The smallest absolute Gasteiger partial charge is 0.356 e. The topological polar surface area (TPSA) is 148 Å². The number of ether oxygens (including phenoxy) is 1. The number of carbonyl (C=O) groups is 2. The zero-order valence-electron chi connectivity index (χ0n) is 19.5. The van der Waals surface area contributed by atoms with Gasteiger partial charge in [-0.25, -0.2) is 19.7 Å². The Morgan fingerprint density at radius 3 is 2.35 bits per heavy atom. The maximum atomic E-state index is 13.2. The zero-order valence-corrected chi connectivity index (χ0v) is 20.3. The van der Waals surface area contributed by atoms with Crippen molar-refractivity contribution in [2.24, 2.45) is 0 Å². The molecular formula is C25H21ClN6O5. The van der Waals surface area contributed by atoms with Crippen LogP contribution in [0.15, 0.2) is 71.9 Å². The van der Waals surface area contributed by atoms with Crippen molar-refractivity contribution in [3.63, 3.8) is 0 Å². The minimum Gasteiger partial charge on any atom is -0.476 e. The number of carboxylic acids is 1. The molecule has 4 aromatic rings. The van der Waals surface area contributed by atoms with Crippen molar-refractivity contribution in [2.45, 2.75) is 19.9 Å². The maximum absolute atomic E-state index is 13.2. The first-order chi connectivity index (χ1) is 17.8. The van der Waals surface area contributed by atoms with Crippen LogP contribution in [0, 0.1) is 0 Å². The van der Waals surface area contributed by atoms with Crippen LogP contribution in [0.4, 0.5) is 17.3 Å². The highest BCUT2D eigenvalue weighted by Gasteiger charge is 2.14. The van der Waals surface area contributed by atoms with Gasteiger partial charge in [0.05, 0.1) is 25.1 Å². The van der Waals surface area contributed by atoms with Crippen LogP contribution in [0.25, 0.3) is 0 Å². The molecule has 3 N–H and O–H groups in total. The van der Waals surface area contributed by atoms with Gasteiger partial charge in [0.1, 0.15) is 11.4 Å². The summed E-state index contributed by atoms with van der Waals surface area (Å²) >= 11 is 5.98. The van der Waals surface area contributed by atoms with Crippen molar-refractivity contribution in [3.8, 4) is 11.6 Å². The highest BCUT2D eigenvalue weighted by Crippen LogP contribution is 2.23. The van der Waals surface area contributed by atoms with Crippen molar-refractivity contribution in [2.75, 3.05) is 10.6 Å². The van der Waals surface area contributed by atoms with Crippen molar-refractivity contribution < 1.29 is 19.4 Å². The molecule has 188 valence electrons. The Morgan fingerprint density at radius 1 is 1.00 bits per heavy atom. The van der Waals surface area contributed by atoms with E-state index >= 15 is 0 Å². The Labute approximate surface area is 215 Å². The largest absolute Gasteiger partial charge is 0.476 e. The van der Waals surface area contributed by atoms with Gasteiger partial charge in [0.15, 0.2) is 5.69 Å². The zero-order chi connectivity index (χ0) is 26.4. The number of nitrogens with zero attached hydrogens (tertiary/aromatic N) is 4. The van der Waals surface area contributed by atoms with Crippen LogP contribution in [-0.2, 0) is 11.3 Å². The highest BCUT2D eigenvalue weighted by atomic mass is 35.5. The molecule has 1 amide bonds. The van der Waals surface area contributed by atoms with Gasteiger partial charge < -0.3 is 20.5 Å². The molecule has 2 aromatic heterocycles. The summed E-state index contributed by atoms with van der Waals surface area (Å²) in [4.78, 5) is 48.0. The van der Waals surface area contributed by atoms with E-state index < -0.39 is 11.5 Å². The van der Waals surface area contributed by atoms with Gasteiger partial charge in [0, 0.05) is 17.1 Å². The predicted octanol–water partition coefficient (Wildman–Crippen LogP) is 4.32. The van der Waals surface area contributed by atoms with Crippen LogP contribution in [0.5, 0.6) is 11.6 Å². The molecule has 0 aliphatic heterocycles. The van der Waals surface area contributed by atoms with Crippen molar-refractivity contribution >= 4 is 40.8 Å². The fourth-order valence-corrected chi connectivity index (χ4v) is 3.30. The van der Waals surface area contributed by atoms with Crippen LogP contribution in [-0.4, -0.2) is 36.5 Å². The summed E-state index contributed by atoms with van der Waals surface area (Å²) < 4.78 is 7.01. The van der Waals surface area contributed by atoms with Crippen LogP contribution < -0.4 is 20.9 Å². The summed E-state index contributed by atoms with van der Waals surface area (Å²) in [6.45, 7) is 1.88. The molecule has 12 heteroatoms. The predicted molar refractivity (Wildman–Crippen MR) is 137 cm³/mol. The molecule has 0 radical (unpaired) electrons. The SMILES string of the molecule is CCC(=O)Nc1cnc(Nc2ccc(Oc3cnc(C(=O)O)cn3)cc2)n(Cc2ccc(Cl)cc2)c1=O. The summed E-state index contributed by atoms with van der Waals surface area (Å²) in [7, 11) is 0. The molecule has 0 saturated heterocycles. The van der Waals surface area contributed by atoms with E-state index in [-0.39, 0.29) is 42.1 Å². The number of halogens is 1. The molecule has 11 nitrogen and oxygen atoms in total. The number of aromatic nitrogens is 4. The van der Waals surface area contributed by atoms with Gasteiger partial charge in [-0.3, -0.25) is 14.2 Å². The second-order valence-electron chi connectivity index (χ2n) is 7.71. The number of aromatic carboxylic acids is 1. The normalized spacial score (nSPS) is 10.5. The number of carboxylic acid groups (broad SMARTS) is 1. The van der Waals surface area contributed by atoms with Crippen LogP contribution >= 0.6 is 11.6 Å². The first-order valence-electron chi connectivity index (χ1n) is 11.1. The summed E-state index contributed by atoms with van der Waals surface area (Å²) in [6, 6.07) is 13.8. The number of nitrogens with one attached hydrogen (secondary N) is 2. The Bertz CT molecular complexity index is 1470. The molecule has 0 aliphatic rings. The molecule has 2 aromatic carbocycles. The van der Waals surface area contributed by atoms with Crippen LogP contribution in [0.2, 0.25) is 5.02 Å². The molecule has 0 fully saturated rings. The molecule has 4 rings (SSSR count). The standard InChI is InChI=1S/C25H21ClN6O5/c1-2-21(33)31-19-11-29-25(32(23(19)34)14-15-3-5-16(26)6-4-15)30-17-7-9-18(10-8-17)37-22-13-27-20(12-28-22)24(35)36/h3-13H,2,14H2,1H3,(H,29,30)(H,31,33)(H,35,36). The first-order valence-corrected chi connectivity index (χ1v) is 11.4. The van der Waals surface area contributed by atoms with Gasteiger partial charge in [-0.1, -0.05) is 30.7 Å². The molecular weight excluding hydrogens is 500 g/mol. The third-order valence-corrected chi connectivity index (χ3v) is 5.33. The summed E-state index contributed by atoms with van der Waals surface area (Å²) in [6.07, 6.45) is 3.85. The minimum atomic E-state index is -1.18. The van der Waals surface area contributed by atoms with E-state index in [0.717, 1.165) is 11.8 Å². The van der Waals surface area contributed by atoms with Gasteiger partial charge >= 0.3 is 5.97 Å². The van der Waals surface area contributed by atoms with E-state index in [2.05, 4.69) is 25.6 Å². The molecule has 2 heterocycles. The number of amides is 1. The Balaban J connectivity index is 1.56. The van der Waals surface area contributed by atoms with E-state index in [0.29, 0.717) is 16.5 Å². The lowest BCUT2D eigenvalue weighted by Crippen LogP contribution is -2.28. The Morgan fingerprint density at radius 2 is 1.73 bits per heavy atom. The van der Waals surface area contributed by atoms with E-state index in [1.807, 2.05) is 0 Å². The Kier molecular flexibility index (Phi) is 7.74. The summed E-state index contributed by atoms with van der Waals surface area (Å²) in [5, 5.41) is 15.2. The van der Waals surface area contributed by atoms with Crippen molar-refractivity contribution in [1.82, 2.24) is 19.5 Å². The molecule has 0 aliphatic carbocycles. The molecule has 0 bridgehead atoms. The number of hydrogen-bond donors (Lipinski definition) is 3. The maximum Gasteiger partial charge on any atom is 0.356 e. The lowest BCUT2D eigenvalue weighted by atomic mass is 10.2. The number of hydrogen-bond acceptors (Lipinski definition) is 8. The van der Waals surface area contributed by atoms with Gasteiger partial charge in [-0.15, -0.1) is 0 Å². The molecule has 0 spiro atoms. The lowest BCUT2D eigenvalue weighted by Gasteiger charge is -2.16. The fourth-order valence-electron chi connectivity index (χ4n) is 3.17. The summed E-state index contributed by atoms with van der Waals surface area (Å²) in [5.74, 6) is -0.645. The lowest BCUT2D eigenvalue weighted by molar-refractivity contribution is -0.115. The highest BCUT2D eigenvalue weighted by molar-refractivity contribution is 6.30. The van der Waals surface area contributed by atoms with E-state index in [1.54, 1.807) is 55.5 Å². The number of benzene rings is 2. The van der Waals surface area contributed by atoms with Crippen LogP contribution in [0.1, 0.15) is 29.4 Å². The quantitative estimate of drug-likeness (QED) is 0.293. The first kappa shape index (κ1) is 25.3. The number of rotatable bonds is 9. The number of carbonyl (C=O) groups excluding carboxylic acids is 1.